The fraction of sp³-hybridized carbons (Fsp3) is 0.529. The molecule has 0 spiro atoms. The van der Waals surface area contributed by atoms with E-state index in [2.05, 4.69) is 5.32 Å². The van der Waals surface area contributed by atoms with Gasteiger partial charge in [-0.05, 0) is 33.3 Å². The van der Waals surface area contributed by atoms with Crippen LogP contribution in [0.25, 0.3) is 0 Å². The molecule has 1 aromatic carbocycles. The summed E-state index contributed by atoms with van der Waals surface area (Å²) in [4.78, 5) is 23.3. The molecule has 0 bridgehead atoms. The number of ether oxygens (including phenoxy) is 3. The van der Waals surface area contributed by atoms with E-state index >= 15 is 0 Å². The first-order valence-electron chi connectivity index (χ1n) is 7.76. The zero-order valence-electron chi connectivity index (χ0n) is 14.0. The van der Waals surface area contributed by atoms with E-state index in [1.807, 2.05) is 13.0 Å². The maximum Gasteiger partial charge on any atom is 0.410 e. The number of fused-ring (bicyclic) bond motifs is 1. The Kier molecular flexibility index (Phi) is 5.13. The van der Waals surface area contributed by atoms with E-state index in [4.69, 9.17) is 14.2 Å². The molecule has 1 atom stereocenters. The van der Waals surface area contributed by atoms with Gasteiger partial charge in [-0.3, -0.25) is 10.1 Å². The number of benzene rings is 1. The van der Waals surface area contributed by atoms with Crippen LogP contribution in [-0.2, 0) is 16.0 Å². The Morgan fingerprint density at radius 1 is 1.35 bits per heavy atom. The van der Waals surface area contributed by atoms with Gasteiger partial charge in [0.05, 0.1) is 0 Å². The van der Waals surface area contributed by atoms with Crippen LogP contribution in [0.15, 0.2) is 18.2 Å². The first-order chi connectivity index (χ1) is 10.8. The molecule has 0 radical (unpaired) electrons. The number of esters is 1. The molecule has 6 nitrogen and oxygen atoms in total. The van der Waals surface area contributed by atoms with Gasteiger partial charge in [-0.15, -0.1) is 0 Å². The molecule has 0 saturated heterocycles. The molecule has 1 aliphatic heterocycles. The number of nitrogens with one attached hydrogen (secondary N) is 1. The van der Waals surface area contributed by atoms with Crippen molar-refractivity contribution in [2.45, 2.75) is 58.8 Å². The Morgan fingerprint density at radius 3 is 2.74 bits per heavy atom. The number of rotatable bonds is 4. The molecule has 0 saturated carbocycles. The van der Waals surface area contributed by atoms with E-state index < -0.39 is 17.9 Å². The number of hydrogen-bond acceptors (Lipinski definition) is 5. The second-order valence-corrected chi connectivity index (χ2v) is 6.45. The van der Waals surface area contributed by atoms with Gasteiger partial charge in [-0.25, -0.2) is 4.79 Å². The van der Waals surface area contributed by atoms with Crippen LogP contribution in [0.2, 0.25) is 0 Å². The lowest BCUT2D eigenvalue weighted by Crippen LogP contribution is -2.41. The van der Waals surface area contributed by atoms with Crippen molar-refractivity contribution in [1.29, 1.82) is 0 Å². The summed E-state index contributed by atoms with van der Waals surface area (Å²) in [6.45, 7) is 7.31. The summed E-state index contributed by atoms with van der Waals surface area (Å²) < 4.78 is 16.1. The Labute approximate surface area is 136 Å². The summed E-state index contributed by atoms with van der Waals surface area (Å²) >= 11 is 0. The summed E-state index contributed by atoms with van der Waals surface area (Å²) in [5.41, 5.74) is 0.386. The van der Waals surface area contributed by atoms with E-state index in [1.165, 1.54) is 0 Å². The molecule has 1 unspecified atom stereocenters. The highest BCUT2D eigenvalue weighted by atomic mass is 16.6. The lowest BCUT2D eigenvalue weighted by Gasteiger charge is -2.21. The molecule has 1 N–H and O–H groups in total. The largest absolute Gasteiger partial charge is 0.470 e. The van der Waals surface area contributed by atoms with Gasteiger partial charge in [-0.2, -0.15) is 0 Å². The maximum absolute atomic E-state index is 11.8. The molecule has 23 heavy (non-hydrogen) atoms. The Balaban J connectivity index is 1.93. The first kappa shape index (κ1) is 17.1. The maximum atomic E-state index is 11.8. The molecule has 1 amide bonds. The predicted molar refractivity (Wildman–Crippen MR) is 84.5 cm³/mol. The average molecular weight is 321 g/mol. The van der Waals surface area contributed by atoms with Crippen molar-refractivity contribution in [3.63, 3.8) is 0 Å². The van der Waals surface area contributed by atoms with Crippen molar-refractivity contribution in [1.82, 2.24) is 5.32 Å². The third kappa shape index (κ3) is 5.16. The van der Waals surface area contributed by atoms with Gasteiger partial charge in [0.25, 0.3) is 0 Å². The topological polar surface area (TPSA) is 73.9 Å². The van der Waals surface area contributed by atoms with Gasteiger partial charge in [-0.1, -0.05) is 13.0 Å². The summed E-state index contributed by atoms with van der Waals surface area (Å²) in [5, 5.41) is 2.67. The lowest BCUT2D eigenvalue weighted by atomic mass is 10.1. The van der Waals surface area contributed by atoms with Crippen molar-refractivity contribution in [3.05, 3.63) is 23.8 Å². The highest BCUT2D eigenvalue weighted by molar-refractivity contribution is 5.72. The van der Waals surface area contributed by atoms with Gasteiger partial charge >= 0.3 is 12.1 Å². The summed E-state index contributed by atoms with van der Waals surface area (Å²) in [7, 11) is 0. The van der Waals surface area contributed by atoms with E-state index in [1.54, 1.807) is 32.9 Å². The highest BCUT2D eigenvalue weighted by Gasteiger charge is 2.27. The van der Waals surface area contributed by atoms with Crippen LogP contribution in [0.3, 0.4) is 0 Å². The third-order valence-corrected chi connectivity index (χ3v) is 3.08. The number of carbonyl (C=O) groups excluding carboxylic acids is 2. The molecular weight excluding hydrogens is 298 g/mol. The Bertz CT molecular complexity index is 591. The standard InChI is InChI=1S/C17H23NO5/c1-5-6-15(19)21-12-8-7-11-9-14(22-13(11)10-12)18-16(20)23-17(2,3)4/h7-8,10,14H,5-6,9H2,1-4H3,(H,18,20). The molecule has 6 heteroatoms. The second-order valence-electron chi connectivity index (χ2n) is 6.45. The van der Waals surface area contributed by atoms with Gasteiger partial charge in [0, 0.05) is 24.5 Å². The molecule has 1 aromatic rings. The van der Waals surface area contributed by atoms with E-state index in [0.717, 1.165) is 12.0 Å². The molecule has 126 valence electrons. The summed E-state index contributed by atoms with van der Waals surface area (Å²) in [5.74, 6) is 0.779. The summed E-state index contributed by atoms with van der Waals surface area (Å²) in [6, 6.07) is 5.23. The van der Waals surface area contributed by atoms with Crippen LogP contribution < -0.4 is 14.8 Å². The van der Waals surface area contributed by atoms with Gasteiger partial charge < -0.3 is 14.2 Å². The third-order valence-electron chi connectivity index (χ3n) is 3.08. The van der Waals surface area contributed by atoms with Crippen LogP contribution >= 0.6 is 0 Å². The van der Waals surface area contributed by atoms with Crippen molar-refractivity contribution < 1.29 is 23.8 Å². The number of amides is 1. The number of carbonyl (C=O) groups is 2. The Morgan fingerprint density at radius 2 is 2.09 bits per heavy atom. The van der Waals surface area contributed by atoms with E-state index in [9.17, 15) is 9.59 Å². The predicted octanol–water partition coefficient (Wildman–Crippen LogP) is 3.18. The Hall–Kier alpha value is -2.24. The SMILES string of the molecule is CCCC(=O)Oc1ccc2c(c1)OC(NC(=O)OC(C)(C)C)C2. The van der Waals surface area contributed by atoms with Gasteiger partial charge in [0.2, 0.25) is 0 Å². The monoisotopic (exact) mass is 321 g/mol. The zero-order valence-corrected chi connectivity index (χ0v) is 14.0. The lowest BCUT2D eigenvalue weighted by molar-refractivity contribution is -0.134. The van der Waals surface area contributed by atoms with Crippen molar-refractivity contribution in [2.24, 2.45) is 0 Å². The fourth-order valence-electron chi connectivity index (χ4n) is 2.18. The van der Waals surface area contributed by atoms with Crippen molar-refractivity contribution >= 4 is 12.1 Å². The smallest absolute Gasteiger partial charge is 0.410 e. The average Bonchev–Trinajstić information content (AvgIpc) is 2.77. The zero-order chi connectivity index (χ0) is 17.0. The number of alkyl carbamates (subject to hydrolysis) is 1. The van der Waals surface area contributed by atoms with Crippen LogP contribution in [0.1, 0.15) is 46.1 Å². The quantitative estimate of drug-likeness (QED) is 0.681. The first-order valence-corrected chi connectivity index (χ1v) is 7.76. The fourth-order valence-corrected chi connectivity index (χ4v) is 2.18. The molecular formula is C17H23NO5. The summed E-state index contributed by atoms with van der Waals surface area (Å²) in [6.07, 6.45) is 0.645. The van der Waals surface area contributed by atoms with Crippen molar-refractivity contribution in [2.75, 3.05) is 0 Å². The highest BCUT2D eigenvalue weighted by Crippen LogP contribution is 2.32. The molecule has 1 heterocycles. The minimum absolute atomic E-state index is 0.270. The van der Waals surface area contributed by atoms with Gasteiger partial charge in [0.15, 0.2) is 6.23 Å². The van der Waals surface area contributed by atoms with Crippen LogP contribution in [0, 0.1) is 0 Å². The van der Waals surface area contributed by atoms with Crippen LogP contribution in [0.5, 0.6) is 11.5 Å². The second kappa shape index (κ2) is 6.89. The number of hydrogen-bond donors (Lipinski definition) is 1. The normalized spacial score (nSPS) is 16.3. The van der Waals surface area contributed by atoms with E-state index in [0.29, 0.717) is 24.3 Å². The van der Waals surface area contributed by atoms with Gasteiger partial charge in [0.1, 0.15) is 17.1 Å². The van der Waals surface area contributed by atoms with Crippen molar-refractivity contribution in [3.8, 4) is 11.5 Å². The minimum Gasteiger partial charge on any atom is -0.470 e. The molecule has 0 aromatic heterocycles. The van der Waals surface area contributed by atoms with Crippen LogP contribution in [0.4, 0.5) is 4.79 Å². The minimum atomic E-state index is -0.559. The molecule has 0 aliphatic carbocycles. The molecule has 2 rings (SSSR count). The van der Waals surface area contributed by atoms with Crippen LogP contribution in [-0.4, -0.2) is 23.9 Å². The molecule has 1 aliphatic rings. The van der Waals surface area contributed by atoms with E-state index in [-0.39, 0.29) is 5.97 Å². The molecule has 0 fully saturated rings.